The Labute approximate surface area is 174 Å². The number of hydrogen-bond donors (Lipinski definition) is 4. The molecule has 3 aromatic rings. The number of aliphatic hydroxyl groups excluding tert-OH is 3. The summed E-state index contributed by atoms with van der Waals surface area (Å²) in [7, 11) is 0. The molecule has 8 nitrogen and oxygen atoms in total. The van der Waals surface area contributed by atoms with Crippen LogP contribution in [0.15, 0.2) is 36.9 Å². The van der Waals surface area contributed by atoms with Gasteiger partial charge in [-0.2, -0.15) is 0 Å². The fourth-order valence-electron chi connectivity index (χ4n) is 4.40. The number of imidazole rings is 1. The summed E-state index contributed by atoms with van der Waals surface area (Å²) in [5, 5.41) is 34.5. The molecule has 2 fully saturated rings. The minimum absolute atomic E-state index is 0.0879. The van der Waals surface area contributed by atoms with Crippen LogP contribution in [0.2, 0.25) is 0 Å². The first-order valence-electron chi connectivity index (χ1n) is 9.24. The number of benzene rings is 1. The Balaban J connectivity index is 1.41. The molecule has 0 radical (unpaired) electrons. The summed E-state index contributed by atoms with van der Waals surface area (Å²) in [6.45, 7) is 0.593. The second kappa shape index (κ2) is 6.90. The molecule has 0 amide bonds. The van der Waals surface area contributed by atoms with Gasteiger partial charge in [0.1, 0.15) is 12.6 Å². The summed E-state index contributed by atoms with van der Waals surface area (Å²) in [5.74, 6) is 0.392. The molecule has 2 heterocycles. The molecule has 5 rings (SSSR count). The average molecular weight is 493 g/mol. The molecular weight excluding hydrogens is 473 g/mol. The van der Waals surface area contributed by atoms with E-state index in [-0.39, 0.29) is 11.8 Å². The van der Waals surface area contributed by atoms with E-state index >= 15 is 0 Å². The van der Waals surface area contributed by atoms with E-state index in [1.165, 1.54) is 12.7 Å². The SMILES string of the molecule is OC1C(O)C(C(O)n2cnc3c(NCc4cccc(I)c4)ncnc32)C2CC12. The van der Waals surface area contributed by atoms with Crippen LogP contribution in [0.4, 0.5) is 5.82 Å². The standard InChI is InChI=1S/C19H20IN5O3/c20-10-3-1-2-9(4-10)6-21-17-14-18(23-7-22-17)25(8-24-14)19(28)13-11-5-12(11)15(26)16(13)27/h1-4,7-8,11-13,15-16,19,26-28H,5-6H2,(H,21,22,23). The number of fused-ring (bicyclic) bond motifs is 2. The van der Waals surface area contributed by atoms with Gasteiger partial charge in [-0.05, 0) is 58.5 Å². The van der Waals surface area contributed by atoms with Crippen LogP contribution in [0.25, 0.3) is 11.2 Å². The Hall–Kier alpha value is -1.82. The highest BCUT2D eigenvalue weighted by Crippen LogP contribution is 2.58. The lowest BCUT2D eigenvalue weighted by atomic mass is 9.97. The van der Waals surface area contributed by atoms with Gasteiger partial charge in [0.05, 0.1) is 18.5 Å². The number of nitrogens with zero attached hydrogens (tertiary/aromatic N) is 4. The van der Waals surface area contributed by atoms with Gasteiger partial charge in [0.25, 0.3) is 0 Å². The van der Waals surface area contributed by atoms with Crippen molar-refractivity contribution in [2.24, 2.45) is 17.8 Å². The lowest BCUT2D eigenvalue weighted by Gasteiger charge is -2.26. The molecule has 0 saturated heterocycles. The summed E-state index contributed by atoms with van der Waals surface area (Å²) in [6, 6.07) is 8.17. The Morgan fingerprint density at radius 2 is 2.04 bits per heavy atom. The minimum atomic E-state index is -0.995. The minimum Gasteiger partial charge on any atom is -0.390 e. The van der Waals surface area contributed by atoms with Gasteiger partial charge in [-0.3, -0.25) is 4.57 Å². The largest absolute Gasteiger partial charge is 0.390 e. The third kappa shape index (κ3) is 2.97. The van der Waals surface area contributed by atoms with Crippen LogP contribution in [-0.4, -0.2) is 47.0 Å². The summed E-state index contributed by atoms with van der Waals surface area (Å²) >= 11 is 2.28. The van der Waals surface area contributed by atoms with Crippen LogP contribution in [0.3, 0.4) is 0 Å². The number of halogens is 1. The summed E-state index contributed by atoms with van der Waals surface area (Å²) in [4.78, 5) is 13.0. The predicted molar refractivity (Wildman–Crippen MR) is 110 cm³/mol. The van der Waals surface area contributed by atoms with Crippen LogP contribution in [0.1, 0.15) is 18.2 Å². The molecule has 2 aliphatic rings. The normalized spacial score (nSPS) is 29.6. The highest BCUT2D eigenvalue weighted by Gasteiger charge is 2.61. The lowest BCUT2D eigenvalue weighted by molar-refractivity contribution is -0.0626. The van der Waals surface area contributed by atoms with Crippen LogP contribution in [0, 0.1) is 21.3 Å². The number of aromatic nitrogens is 4. The van der Waals surface area contributed by atoms with Crippen molar-refractivity contribution < 1.29 is 15.3 Å². The van der Waals surface area contributed by atoms with Crippen molar-refractivity contribution in [1.82, 2.24) is 19.5 Å². The van der Waals surface area contributed by atoms with Gasteiger partial charge in [-0.15, -0.1) is 0 Å². The van der Waals surface area contributed by atoms with Crippen molar-refractivity contribution >= 4 is 39.6 Å². The zero-order valence-corrected chi connectivity index (χ0v) is 17.0. The van der Waals surface area contributed by atoms with Crippen LogP contribution < -0.4 is 5.32 Å². The van der Waals surface area contributed by atoms with E-state index in [0.29, 0.717) is 23.5 Å². The molecule has 146 valence electrons. The van der Waals surface area contributed by atoms with Crippen molar-refractivity contribution in [1.29, 1.82) is 0 Å². The molecule has 0 aliphatic heterocycles. The van der Waals surface area contributed by atoms with Gasteiger partial charge in [0.2, 0.25) is 0 Å². The van der Waals surface area contributed by atoms with Gasteiger partial charge >= 0.3 is 0 Å². The van der Waals surface area contributed by atoms with E-state index < -0.39 is 24.4 Å². The average Bonchev–Trinajstić information content (AvgIpc) is 3.26. The van der Waals surface area contributed by atoms with Crippen LogP contribution in [0.5, 0.6) is 0 Å². The zero-order valence-electron chi connectivity index (χ0n) is 14.9. The lowest BCUT2D eigenvalue weighted by Crippen LogP contribution is -2.34. The first kappa shape index (κ1) is 18.2. The molecule has 1 aromatic carbocycles. The quantitative estimate of drug-likeness (QED) is 0.399. The van der Waals surface area contributed by atoms with Gasteiger partial charge in [0.15, 0.2) is 17.0 Å². The molecule has 6 atom stereocenters. The van der Waals surface area contributed by atoms with Gasteiger partial charge < -0.3 is 20.6 Å². The third-order valence-corrected chi connectivity index (χ3v) is 6.58. The zero-order chi connectivity index (χ0) is 19.4. The van der Waals surface area contributed by atoms with Crippen molar-refractivity contribution in [2.45, 2.75) is 31.4 Å². The summed E-state index contributed by atoms with van der Waals surface area (Å²) in [6.07, 6.45) is 1.10. The fraction of sp³-hybridized carbons (Fsp3) is 0.421. The van der Waals surface area contributed by atoms with Gasteiger partial charge in [0, 0.05) is 16.0 Å². The molecule has 0 spiro atoms. The maximum Gasteiger partial charge on any atom is 0.167 e. The van der Waals surface area contributed by atoms with E-state index in [4.69, 9.17) is 0 Å². The van der Waals surface area contributed by atoms with E-state index in [2.05, 4.69) is 48.9 Å². The molecule has 9 heteroatoms. The molecule has 6 unspecified atom stereocenters. The maximum atomic E-state index is 10.9. The topological polar surface area (TPSA) is 116 Å². The second-order valence-electron chi connectivity index (χ2n) is 7.57. The van der Waals surface area contributed by atoms with Crippen molar-refractivity contribution in [2.75, 3.05) is 5.32 Å². The first-order chi connectivity index (χ1) is 13.5. The van der Waals surface area contributed by atoms with Gasteiger partial charge in [-0.1, -0.05) is 12.1 Å². The predicted octanol–water partition coefficient (Wildman–Crippen LogP) is 1.52. The number of aliphatic hydroxyl groups is 3. The molecule has 2 aliphatic carbocycles. The van der Waals surface area contributed by atoms with Crippen molar-refractivity contribution in [3.8, 4) is 0 Å². The Kier molecular flexibility index (Phi) is 4.49. The highest BCUT2D eigenvalue weighted by atomic mass is 127. The van der Waals surface area contributed by atoms with Gasteiger partial charge in [-0.25, -0.2) is 15.0 Å². The summed E-state index contributed by atoms with van der Waals surface area (Å²) < 4.78 is 2.72. The smallest absolute Gasteiger partial charge is 0.167 e. The Morgan fingerprint density at radius 1 is 1.18 bits per heavy atom. The van der Waals surface area contributed by atoms with E-state index in [0.717, 1.165) is 15.6 Å². The third-order valence-electron chi connectivity index (χ3n) is 5.91. The second-order valence-corrected chi connectivity index (χ2v) is 8.81. The van der Waals surface area contributed by atoms with Crippen molar-refractivity contribution in [3.63, 3.8) is 0 Å². The Bertz CT molecular complexity index is 1030. The molecule has 2 saturated carbocycles. The first-order valence-corrected chi connectivity index (χ1v) is 10.3. The monoisotopic (exact) mass is 493 g/mol. The summed E-state index contributed by atoms with van der Waals surface area (Å²) in [5.41, 5.74) is 2.19. The molecule has 0 bridgehead atoms. The fourth-order valence-corrected chi connectivity index (χ4v) is 5.00. The van der Waals surface area contributed by atoms with Crippen molar-refractivity contribution in [3.05, 3.63) is 46.1 Å². The highest BCUT2D eigenvalue weighted by molar-refractivity contribution is 14.1. The Morgan fingerprint density at radius 3 is 2.79 bits per heavy atom. The molecule has 28 heavy (non-hydrogen) atoms. The molecule has 2 aromatic heterocycles. The number of anilines is 1. The van der Waals surface area contributed by atoms with E-state index in [9.17, 15) is 15.3 Å². The molecule has 4 N–H and O–H groups in total. The van der Waals surface area contributed by atoms with Crippen LogP contribution in [-0.2, 0) is 6.54 Å². The number of nitrogens with one attached hydrogen (secondary N) is 1. The molecular formula is C19H20IN5O3. The number of hydrogen-bond acceptors (Lipinski definition) is 7. The maximum absolute atomic E-state index is 10.9. The van der Waals surface area contributed by atoms with E-state index in [1.54, 1.807) is 4.57 Å². The van der Waals surface area contributed by atoms with Crippen LogP contribution >= 0.6 is 22.6 Å². The van der Waals surface area contributed by atoms with E-state index in [1.807, 2.05) is 18.2 Å². The number of rotatable bonds is 5.